The van der Waals surface area contributed by atoms with Crippen LogP contribution in [0.1, 0.15) is 55.3 Å². The molecule has 1 aromatic rings. The Bertz CT molecular complexity index is 525. The monoisotopic (exact) mass is 318 g/mol. The first-order chi connectivity index (χ1) is 11.2. The lowest BCUT2D eigenvalue weighted by Crippen LogP contribution is -2.34. The molecule has 0 bridgehead atoms. The van der Waals surface area contributed by atoms with Crippen molar-refractivity contribution in [1.29, 1.82) is 0 Å². The van der Waals surface area contributed by atoms with E-state index in [-0.39, 0.29) is 23.1 Å². The van der Waals surface area contributed by atoms with Gasteiger partial charge in [0.2, 0.25) is 5.91 Å². The van der Waals surface area contributed by atoms with E-state index < -0.39 is 0 Å². The lowest BCUT2D eigenvalue weighted by Gasteiger charge is -2.20. The number of nitrogens with one attached hydrogen (secondary N) is 2. The molecule has 2 amide bonds. The van der Waals surface area contributed by atoms with Crippen LogP contribution in [0.4, 0.5) is 0 Å². The van der Waals surface area contributed by atoms with E-state index in [2.05, 4.69) is 10.6 Å². The fourth-order valence-corrected chi connectivity index (χ4v) is 3.04. The van der Waals surface area contributed by atoms with Crippen molar-refractivity contribution >= 4 is 11.8 Å². The molecule has 0 heterocycles. The first-order valence-corrected chi connectivity index (χ1v) is 8.49. The minimum atomic E-state index is -0.334. The van der Waals surface area contributed by atoms with Crippen LogP contribution in [0.15, 0.2) is 24.3 Å². The van der Waals surface area contributed by atoms with Crippen molar-refractivity contribution in [1.82, 2.24) is 10.6 Å². The zero-order valence-electron chi connectivity index (χ0n) is 13.5. The van der Waals surface area contributed by atoms with Gasteiger partial charge in [-0.25, -0.2) is 0 Å². The summed E-state index contributed by atoms with van der Waals surface area (Å²) < 4.78 is 0. The number of para-hydroxylation sites is 1. The molecule has 2 rings (SSSR count). The second-order valence-corrected chi connectivity index (χ2v) is 6.17. The summed E-state index contributed by atoms with van der Waals surface area (Å²) in [6.45, 7) is 0.755. The highest BCUT2D eigenvalue weighted by atomic mass is 16.3. The Hall–Kier alpha value is -2.04. The maximum Gasteiger partial charge on any atom is 0.255 e. The summed E-state index contributed by atoms with van der Waals surface area (Å²) in [4.78, 5) is 23.6. The molecule has 23 heavy (non-hydrogen) atoms. The average Bonchev–Trinajstić information content (AvgIpc) is 2.58. The molecular formula is C18H26N2O3. The van der Waals surface area contributed by atoms with E-state index in [9.17, 15) is 14.7 Å². The minimum absolute atomic E-state index is 0.0403. The number of carbonyl (C=O) groups excluding carboxylic acids is 2. The van der Waals surface area contributed by atoms with Crippen LogP contribution >= 0.6 is 0 Å². The van der Waals surface area contributed by atoms with Crippen LogP contribution < -0.4 is 10.6 Å². The van der Waals surface area contributed by atoms with Gasteiger partial charge in [-0.05, 0) is 24.5 Å². The SMILES string of the molecule is O=C(CCC1CCCCC1)NCCNC(=O)c1ccccc1O. The van der Waals surface area contributed by atoms with Gasteiger partial charge in [0.15, 0.2) is 0 Å². The predicted molar refractivity (Wildman–Crippen MR) is 89.3 cm³/mol. The number of rotatable bonds is 7. The van der Waals surface area contributed by atoms with Crippen LogP contribution in [0.2, 0.25) is 0 Å². The Morgan fingerprint density at radius 3 is 2.48 bits per heavy atom. The second kappa shape index (κ2) is 9.18. The minimum Gasteiger partial charge on any atom is -0.507 e. The maximum atomic E-state index is 11.9. The van der Waals surface area contributed by atoms with E-state index in [1.807, 2.05) is 0 Å². The molecule has 3 N–H and O–H groups in total. The van der Waals surface area contributed by atoms with Gasteiger partial charge >= 0.3 is 0 Å². The van der Waals surface area contributed by atoms with Crippen molar-refractivity contribution < 1.29 is 14.7 Å². The van der Waals surface area contributed by atoms with Gasteiger partial charge in [0, 0.05) is 19.5 Å². The molecule has 1 aliphatic carbocycles. The summed E-state index contributed by atoms with van der Waals surface area (Å²) in [6.07, 6.45) is 7.97. The van der Waals surface area contributed by atoms with Gasteiger partial charge in [-0.15, -0.1) is 0 Å². The number of carbonyl (C=O) groups is 2. The smallest absolute Gasteiger partial charge is 0.255 e. The first-order valence-electron chi connectivity index (χ1n) is 8.49. The number of phenolic OH excluding ortho intramolecular Hbond substituents is 1. The summed E-state index contributed by atoms with van der Waals surface area (Å²) in [7, 11) is 0. The van der Waals surface area contributed by atoms with E-state index in [4.69, 9.17) is 0 Å². The zero-order chi connectivity index (χ0) is 16.5. The summed E-state index contributed by atoms with van der Waals surface area (Å²) in [5, 5.41) is 15.1. The third kappa shape index (κ3) is 5.93. The summed E-state index contributed by atoms with van der Waals surface area (Å²) >= 11 is 0. The van der Waals surface area contributed by atoms with Crippen molar-refractivity contribution in [3.63, 3.8) is 0 Å². The van der Waals surface area contributed by atoms with Crippen molar-refractivity contribution in [3.05, 3.63) is 29.8 Å². The number of hydrogen-bond acceptors (Lipinski definition) is 3. The topological polar surface area (TPSA) is 78.4 Å². The molecule has 1 fully saturated rings. The molecule has 5 heteroatoms. The van der Waals surface area contributed by atoms with Gasteiger partial charge in [-0.3, -0.25) is 9.59 Å². The van der Waals surface area contributed by atoms with Crippen molar-refractivity contribution in [2.75, 3.05) is 13.1 Å². The molecule has 0 unspecified atom stereocenters. The van der Waals surface area contributed by atoms with Crippen LogP contribution in [0.25, 0.3) is 0 Å². The summed E-state index contributed by atoms with van der Waals surface area (Å²) in [5.74, 6) is 0.378. The number of phenols is 1. The summed E-state index contributed by atoms with van der Waals surface area (Å²) in [5.41, 5.74) is 0.246. The molecule has 0 atom stereocenters. The van der Waals surface area contributed by atoms with Crippen LogP contribution in [0.3, 0.4) is 0 Å². The van der Waals surface area contributed by atoms with Crippen molar-refractivity contribution in [2.45, 2.75) is 44.9 Å². The average molecular weight is 318 g/mol. The largest absolute Gasteiger partial charge is 0.507 e. The normalized spacial score (nSPS) is 15.1. The Balaban J connectivity index is 1.58. The van der Waals surface area contributed by atoms with E-state index in [0.717, 1.165) is 6.42 Å². The highest BCUT2D eigenvalue weighted by molar-refractivity contribution is 5.96. The Kier molecular flexibility index (Phi) is 6.91. The molecule has 0 saturated heterocycles. The maximum absolute atomic E-state index is 11.9. The lowest BCUT2D eigenvalue weighted by atomic mass is 9.86. The van der Waals surface area contributed by atoms with Crippen LogP contribution in [0.5, 0.6) is 5.75 Å². The standard InChI is InChI=1S/C18H26N2O3/c21-16-9-5-4-8-15(16)18(23)20-13-12-19-17(22)11-10-14-6-2-1-3-7-14/h4-5,8-9,14,21H,1-3,6-7,10-13H2,(H,19,22)(H,20,23). The molecule has 0 aromatic heterocycles. The highest BCUT2D eigenvalue weighted by Gasteiger charge is 2.14. The van der Waals surface area contributed by atoms with Gasteiger partial charge in [0.25, 0.3) is 5.91 Å². The van der Waals surface area contributed by atoms with Gasteiger partial charge in [0.05, 0.1) is 5.56 Å². The molecule has 1 aromatic carbocycles. The predicted octanol–water partition coefficient (Wildman–Crippen LogP) is 2.60. The molecule has 1 aliphatic rings. The van der Waals surface area contributed by atoms with Crippen LogP contribution in [-0.2, 0) is 4.79 Å². The third-order valence-electron chi connectivity index (χ3n) is 4.39. The van der Waals surface area contributed by atoms with E-state index in [1.165, 1.54) is 38.2 Å². The molecule has 0 radical (unpaired) electrons. The molecule has 0 spiro atoms. The van der Waals surface area contributed by atoms with Gasteiger partial charge in [-0.2, -0.15) is 0 Å². The van der Waals surface area contributed by atoms with Crippen LogP contribution in [-0.4, -0.2) is 30.0 Å². The fraction of sp³-hybridized carbons (Fsp3) is 0.556. The Morgan fingerprint density at radius 1 is 1.04 bits per heavy atom. The van der Waals surface area contributed by atoms with Gasteiger partial charge < -0.3 is 15.7 Å². The second-order valence-electron chi connectivity index (χ2n) is 6.17. The fourth-order valence-electron chi connectivity index (χ4n) is 3.04. The number of amides is 2. The van der Waals surface area contributed by atoms with Crippen molar-refractivity contribution in [3.8, 4) is 5.75 Å². The van der Waals surface area contributed by atoms with Crippen molar-refractivity contribution in [2.24, 2.45) is 5.92 Å². The number of hydrogen-bond donors (Lipinski definition) is 3. The Labute approximate surface area is 137 Å². The molecule has 1 saturated carbocycles. The lowest BCUT2D eigenvalue weighted by molar-refractivity contribution is -0.121. The first kappa shape index (κ1) is 17.3. The Morgan fingerprint density at radius 2 is 1.74 bits per heavy atom. The van der Waals surface area contributed by atoms with Gasteiger partial charge in [0.1, 0.15) is 5.75 Å². The number of benzene rings is 1. The summed E-state index contributed by atoms with van der Waals surface area (Å²) in [6, 6.07) is 6.40. The highest BCUT2D eigenvalue weighted by Crippen LogP contribution is 2.27. The van der Waals surface area contributed by atoms with E-state index in [0.29, 0.717) is 25.4 Å². The van der Waals surface area contributed by atoms with E-state index in [1.54, 1.807) is 18.2 Å². The molecular weight excluding hydrogens is 292 g/mol. The molecule has 0 aliphatic heterocycles. The zero-order valence-corrected chi connectivity index (χ0v) is 13.5. The molecule has 126 valence electrons. The third-order valence-corrected chi connectivity index (χ3v) is 4.39. The molecule has 5 nitrogen and oxygen atoms in total. The van der Waals surface area contributed by atoms with Crippen LogP contribution in [0, 0.1) is 5.92 Å². The number of aromatic hydroxyl groups is 1. The van der Waals surface area contributed by atoms with Gasteiger partial charge in [-0.1, -0.05) is 44.2 Å². The quantitative estimate of drug-likeness (QED) is 0.676. The van der Waals surface area contributed by atoms with E-state index >= 15 is 0 Å².